The van der Waals surface area contributed by atoms with E-state index in [0.717, 1.165) is 24.3 Å². The van der Waals surface area contributed by atoms with Crippen LogP contribution in [-0.2, 0) is 4.79 Å². The van der Waals surface area contributed by atoms with Gasteiger partial charge in [0.1, 0.15) is 0 Å². The molecule has 1 heterocycles. The molecule has 3 rings (SSSR count). The fourth-order valence-corrected chi connectivity index (χ4v) is 2.56. The van der Waals surface area contributed by atoms with Crippen LogP contribution in [0.4, 0.5) is 11.4 Å². The van der Waals surface area contributed by atoms with Gasteiger partial charge < -0.3 is 15.1 Å². The number of rotatable bonds is 4. The molecule has 1 aliphatic carbocycles. The zero-order valence-electron chi connectivity index (χ0n) is 11.6. The maximum Gasteiger partial charge on any atom is 0.244 e. The van der Waals surface area contributed by atoms with E-state index in [1.165, 1.54) is 12.8 Å². The van der Waals surface area contributed by atoms with Gasteiger partial charge in [0, 0.05) is 38.1 Å². The first-order chi connectivity index (χ1) is 9.15. The molecule has 4 nitrogen and oxygen atoms in total. The van der Waals surface area contributed by atoms with Crippen LogP contribution in [0.15, 0.2) is 24.3 Å². The molecular formula is C15H21N3O. The molecule has 1 saturated heterocycles. The van der Waals surface area contributed by atoms with Crippen LogP contribution in [0.1, 0.15) is 19.3 Å². The monoisotopic (exact) mass is 259 g/mol. The minimum atomic E-state index is 0.0287. The number of carbonyl (C=O) groups excluding carboxylic acids is 1. The molecule has 1 saturated carbocycles. The Labute approximate surface area is 114 Å². The highest BCUT2D eigenvalue weighted by molar-refractivity contribution is 5.99. The number of benzene rings is 1. The highest BCUT2D eigenvalue weighted by atomic mass is 16.2. The second-order valence-corrected chi connectivity index (χ2v) is 5.68. The molecule has 0 aromatic heterocycles. The average molecular weight is 259 g/mol. The quantitative estimate of drug-likeness (QED) is 0.892. The van der Waals surface area contributed by atoms with Crippen LogP contribution < -0.4 is 15.1 Å². The van der Waals surface area contributed by atoms with Crippen molar-refractivity contribution in [1.29, 1.82) is 0 Å². The lowest BCUT2D eigenvalue weighted by Crippen LogP contribution is -2.39. The van der Waals surface area contributed by atoms with Crippen molar-refractivity contribution in [2.75, 3.05) is 30.4 Å². The van der Waals surface area contributed by atoms with Gasteiger partial charge in [-0.25, -0.2) is 0 Å². The molecular weight excluding hydrogens is 238 g/mol. The van der Waals surface area contributed by atoms with Crippen molar-refractivity contribution in [3.8, 4) is 0 Å². The van der Waals surface area contributed by atoms with Gasteiger partial charge in [0.25, 0.3) is 0 Å². The van der Waals surface area contributed by atoms with Crippen molar-refractivity contribution in [2.45, 2.75) is 31.3 Å². The lowest BCUT2D eigenvalue weighted by molar-refractivity contribution is -0.118. The SMILES string of the molecule is CN(C)c1ccc(N2CCC(NC3CC3)C2=O)cc1. The van der Waals surface area contributed by atoms with Crippen LogP contribution in [0.2, 0.25) is 0 Å². The van der Waals surface area contributed by atoms with Gasteiger partial charge in [-0.3, -0.25) is 4.79 Å². The van der Waals surface area contributed by atoms with Gasteiger partial charge in [-0.15, -0.1) is 0 Å². The summed E-state index contributed by atoms with van der Waals surface area (Å²) in [5.74, 6) is 0.226. The van der Waals surface area contributed by atoms with E-state index in [9.17, 15) is 4.79 Å². The first-order valence-electron chi connectivity index (χ1n) is 7.00. The molecule has 1 aromatic rings. The highest BCUT2D eigenvalue weighted by Gasteiger charge is 2.36. The molecule has 19 heavy (non-hydrogen) atoms. The minimum absolute atomic E-state index is 0.0287. The summed E-state index contributed by atoms with van der Waals surface area (Å²) < 4.78 is 0. The van der Waals surface area contributed by atoms with Crippen LogP contribution in [0.3, 0.4) is 0 Å². The third-order valence-electron chi connectivity index (χ3n) is 3.90. The number of hydrogen-bond donors (Lipinski definition) is 1. The Kier molecular flexibility index (Phi) is 3.19. The third-order valence-corrected chi connectivity index (χ3v) is 3.90. The normalized spacial score (nSPS) is 22.9. The van der Waals surface area contributed by atoms with Crippen molar-refractivity contribution in [3.05, 3.63) is 24.3 Å². The van der Waals surface area contributed by atoms with Crippen LogP contribution in [-0.4, -0.2) is 38.6 Å². The summed E-state index contributed by atoms with van der Waals surface area (Å²) in [6.07, 6.45) is 3.37. The largest absolute Gasteiger partial charge is 0.378 e. The van der Waals surface area contributed by atoms with Crippen LogP contribution in [0, 0.1) is 0 Å². The van der Waals surface area contributed by atoms with Crippen LogP contribution >= 0.6 is 0 Å². The lowest BCUT2D eigenvalue weighted by atomic mass is 10.2. The van der Waals surface area contributed by atoms with Gasteiger partial charge in [0.2, 0.25) is 5.91 Å². The molecule has 1 unspecified atom stereocenters. The van der Waals surface area contributed by atoms with Gasteiger partial charge in [0.05, 0.1) is 6.04 Å². The predicted molar refractivity (Wildman–Crippen MR) is 77.7 cm³/mol. The second kappa shape index (κ2) is 4.85. The maximum atomic E-state index is 12.3. The van der Waals surface area contributed by atoms with E-state index >= 15 is 0 Å². The summed E-state index contributed by atoms with van der Waals surface area (Å²) in [6.45, 7) is 0.824. The molecule has 1 aromatic carbocycles. The molecule has 0 bridgehead atoms. The Bertz CT molecular complexity index is 465. The number of carbonyl (C=O) groups is 1. The van der Waals surface area contributed by atoms with Crippen molar-refractivity contribution in [1.82, 2.24) is 5.32 Å². The lowest BCUT2D eigenvalue weighted by Gasteiger charge is -2.19. The van der Waals surface area contributed by atoms with Crippen LogP contribution in [0.25, 0.3) is 0 Å². The van der Waals surface area contributed by atoms with E-state index in [0.29, 0.717) is 6.04 Å². The molecule has 1 atom stereocenters. The van der Waals surface area contributed by atoms with Gasteiger partial charge in [-0.05, 0) is 43.5 Å². The highest BCUT2D eigenvalue weighted by Crippen LogP contribution is 2.26. The first-order valence-corrected chi connectivity index (χ1v) is 7.00. The fraction of sp³-hybridized carbons (Fsp3) is 0.533. The van der Waals surface area contributed by atoms with Crippen molar-refractivity contribution in [2.24, 2.45) is 0 Å². The van der Waals surface area contributed by atoms with E-state index in [4.69, 9.17) is 0 Å². The molecule has 2 fully saturated rings. The number of anilines is 2. The zero-order chi connectivity index (χ0) is 13.4. The summed E-state index contributed by atoms with van der Waals surface area (Å²) in [7, 11) is 4.04. The topological polar surface area (TPSA) is 35.6 Å². The average Bonchev–Trinajstić information content (AvgIpc) is 3.15. The number of nitrogens with zero attached hydrogens (tertiary/aromatic N) is 2. The summed E-state index contributed by atoms with van der Waals surface area (Å²) in [5, 5.41) is 3.43. The van der Waals surface area contributed by atoms with E-state index < -0.39 is 0 Å². The Balaban J connectivity index is 1.70. The van der Waals surface area contributed by atoms with E-state index in [1.807, 2.05) is 31.1 Å². The molecule has 1 N–H and O–H groups in total. The number of nitrogens with one attached hydrogen (secondary N) is 1. The van der Waals surface area contributed by atoms with E-state index in [2.05, 4.69) is 22.3 Å². The standard InChI is InChI=1S/C15H21N3O/c1-17(2)12-5-7-13(8-6-12)18-10-9-14(15(18)19)16-11-3-4-11/h5-8,11,14,16H,3-4,9-10H2,1-2H3. The Hall–Kier alpha value is -1.55. The Morgan fingerprint density at radius 3 is 2.42 bits per heavy atom. The molecule has 1 aliphatic heterocycles. The maximum absolute atomic E-state index is 12.3. The zero-order valence-corrected chi connectivity index (χ0v) is 11.6. The number of hydrogen-bond acceptors (Lipinski definition) is 3. The van der Waals surface area contributed by atoms with Crippen molar-refractivity contribution < 1.29 is 4.79 Å². The Morgan fingerprint density at radius 2 is 1.84 bits per heavy atom. The van der Waals surface area contributed by atoms with E-state index in [1.54, 1.807) is 0 Å². The van der Waals surface area contributed by atoms with Gasteiger partial charge in [-0.2, -0.15) is 0 Å². The van der Waals surface area contributed by atoms with Gasteiger partial charge >= 0.3 is 0 Å². The summed E-state index contributed by atoms with van der Waals surface area (Å²) >= 11 is 0. The van der Waals surface area contributed by atoms with Crippen LogP contribution in [0.5, 0.6) is 0 Å². The summed E-state index contributed by atoms with van der Waals surface area (Å²) in [5.41, 5.74) is 2.17. The molecule has 1 amide bonds. The molecule has 2 aliphatic rings. The van der Waals surface area contributed by atoms with E-state index in [-0.39, 0.29) is 11.9 Å². The molecule has 4 heteroatoms. The second-order valence-electron chi connectivity index (χ2n) is 5.68. The smallest absolute Gasteiger partial charge is 0.244 e. The number of amides is 1. The fourth-order valence-electron chi connectivity index (χ4n) is 2.56. The molecule has 0 radical (unpaired) electrons. The first kappa shape index (κ1) is 12.5. The van der Waals surface area contributed by atoms with Gasteiger partial charge in [0.15, 0.2) is 0 Å². The molecule has 102 valence electrons. The van der Waals surface area contributed by atoms with Crippen molar-refractivity contribution >= 4 is 17.3 Å². The summed E-state index contributed by atoms with van der Waals surface area (Å²) in [6, 6.07) is 8.81. The minimum Gasteiger partial charge on any atom is -0.378 e. The molecule has 0 spiro atoms. The van der Waals surface area contributed by atoms with Crippen molar-refractivity contribution in [3.63, 3.8) is 0 Å². The summed E-state index contributed by atoms with van der Waals surface area (Å²) in [4.78, 5) is 16.3. The predicted octanol–water partition coefficient (Wildman–Crippen LogP) is 1.61. The Morgan fingerprint density at radius 1 is 1.16 bits per heavy atom. The van der Waals surface area contributed by atoms with Gasteiger partial charge in [-0.1, -0.05) is 0 Å². The third kappa shape index (κ3) is 2.59.